The van der Waals surface area contributed by atoms with Crippen LogP contribution >= 0.6 is 21.5 Å². The van der Waals surface area contributed by atoms with E-state index in [9.17, 15) is 0 Å². The molecule has 1 heterocycles. The fourth-order valence-electron chi connectivity index (χ4n) is 0.526. The fourth-order valence-corrected chi connectivity index (χ4v) is 4.08. The second kappa shape index (κ2) is 3.10. The SMILES string of the molecule is Cl[S+]1CCCCS1. The molecule has 0 aromatic carbocycles. The van der Waals surface area contributed by atoms with Crippen molar-refractivity contribution >= 4 is 30.6 Å². The zero-order valence-electron chi connectivity index (χ0n) is 4.02. The lowest BCUT2D eigenvalue weighted by Gasteiger charge is -2.01. The average molecular weight is 156 g/mol. The van der Waals surface area contributed by atoms with Crippen molar-refractivity contribution < 1.29 is 0 Å². The maximum absolute atomic E-state index is 5.81. The summed E-state index contributed by atoms with van der Waals surface area (Å²) in [4.78, 5) is 0. The minimum absolute atomic E-state index is 0.199. The molecule has 0 radical (unpaired) electrons. The highest BCUT2D eigenvalue weighted by molar-refractivity contribution is 8.82. The maximum atomic E-state index is 5.81. The van der Waals surface area contributed by atoms with Crippen molar-refractivity contribution in [1.82, 2.24) is 0 Å². The quantitative estimate of drug-likeness (QED) is 0.382. The molecule has 1 aliphatic heterocycles. The molecule has 0 aromatic heterocycles. The van der Waals surface area contributed by atoms with Crippen molar-refractivity contribution in [2.24, 2.45) is 0 Å². The Kier molecular flexibility index (Phi) is 2.71. The van der Waals surface area contributed by atoms with Crippen molar-refractivity contribution in [2.75, 3.05) is 11.5 Å². The predicted molar refractivity (Wildman–Crippen MR) is 39.8 cm³/mol. The van der Waals surface area contributed by atoms with Gasteiger partial charge in [0.15, 0.2) is 19.8 Å². The van der Waals surface area contributed by atoms with Crippen LogP contribution in [0.1, 0.15) is 12.8 Å². The van der Waals surface area contributed by atoms with Crippen LogP contribution in [0.4, 0.5) is 0 Å². The summed E-state index contributed by atoms with van der Waals surface area (Å²) >= 11 is 0. The van der Waals surface area contributed by atoms with Crippen LogP contribution < -0.4 is 0 Å². The second-order valence-corrected chi connectivity index (χ2v) is 6.74. The van der Waals surface area contributed by atoms with E-state index in [1.165, 1.54) is 24.3 Å². The zero-order valence-corrected chi connectivity index (χ0v) is 6.41. The molecule has 1 fully saturated rings. The number of hydrogen-bond acceptors (Lipinski definition) is 1. The van der Waals surface area contributed by atoms with Crippen LogP contribution in [0, 0.1) is 0 Å². The molecule has 0 aromatic rings. The molecule has 0 N–H and O–H groups in total. The largest absolute Gasteiger partial charge is 0.191 e. The molecule has 0 aliphatic carbocycles. The van der Waals surface area contributed by atoms with Crippen LogP contribution in [0.15, 0.2) is 0 Å². The Bertz CT molecular complexity index is 51.7. The molecular formula is C4H8ClS2+. The van der Waals surface area contributed by atoms with E-state index in [4.69, 9.17) is 10.7 Å². The third-order valence-electron chi connectivity index (χ3n) is 0.910. The highest BCUT2D eigenvalue weighted by Gasteiger charge is 2.21. The van der Waals surface area contributed by atoms with Gasteiger partial charge in [0.25, 0.3) is 0 Å². The molecule has 0 bridgehead atoms. The van der Waals surface area contributed by atoms with Gasteiger partial charge in [-0.1, -0.05) is 0 Å². The van der Waals surface area contributed by atoms with E-state index < -0.39 is 0 Å². The van der Waals surface area contributed by atoms with Crippen LogP contribution in [0.25, 0.3) is 0 Å². The van der Waals surface area contributed by atoms with Gasteiger partial charge in [-0.25, -0.2) is 0 Å². The van der Waals surface area contributed by atoms with Crippen molar-refractivity contribution in [1.29, 1.82) is 0 Å². The Morgan fingerprint density at radius 2 is 2.29 bits per heavy atom. The van der Waals surface area contributed by atoms with Gasteiger partial charge in [-0.2, -0.15) is 0 Å². The molecule has 1 unspecified atom stereocenters. The molecule has 3 heteroatoms. The monoisotopic (exact) mass is 155 g/mol. The molecule has 1 saturated heterocycles. The highest BCUT2D eigenvalue weighted by Crippen LogP contribution is 2.27. The van der Waals surface area contributed by atoms with E-state index in [0.29, 0.717) is 0 Å². The van der Waals surface area contributed by atoms with Crippen LogP contribution in [-0.2, 0) is 9.14 Å². The maximum Gasteiger partial charge on any atom is 0.191 e. The average Bonchev–Trinajstić information content (AvgIpc) is 1.69. The van der Waals surface area contributed by atoms with Crippen molar-refractivity contribution in [3.63, 3.8) is 0 Å². The molecular weight excluding hydrogens is 148 g/mol. The van der Waals surface area contributed by atoms with Crippen LogP contribution in [0.5, 0.6) is 0 Å². The Hall–Kier alpha value is 0.990. The molecule has 0 nitrogen and oxygen atoms in total. The first kappa shape index (κ1) is 6.12. The number of rotatable bonds is 0. The molecule has 0 saturated carbocycles. The normalized spacial score (nSPS) is 33.0. The second-order valence-electron chi connectivity index (χ2n) is 1.52. The summed E-state index contributed by atoms with van der Waals surface area (Å²) in [5, 5.41) is 0. The standard InChI is InChI=1S/C4H8ClS2/c5-7-4-2-1-3-6-7/h1-4H2/q+1. The topological polar surface area (TPSA) is 0 Å². The predicted octanol–water partition coefficient (Wildman–Crippen LogP) is 2.20. The van der Waals surface area contributed by atoms with E-state index in [1.54, 1.807) is 0 Å². The summed E-state index contributed by atoms with van der Waals surface area (Å²) in [6.07, 6.45) is 2.72. The van der Waals surface area contributed by atoms with Gasteiger partial charge in [0.1, 0.15) is 16.5 Å². The lowest BCUT2D eigenvalue weighted by Crippen LogP contribution is -2.02. The van der Waals surface area contributed by atoms with Crippen LogP contribution in [0.3, 0.4) is 0 Å². The minimum atomic E-state index is 0.199. The first-order valence-corrected chi connectivity index (χ1v) is 6.12. The first-order chi connectivity index (χ1) is 3.39. The molecule has 42 valence electrons. The van der Waals surface area contributed by atoms with Gasteiger partial charge in [-0.3, -0.25) is 0 Å². The van der Waals surface area contributed by atoms with Gasteiger partial charge in [0.05, 0.1) is 0 Å². The first-order valence-electron chi connectivity index (χ1n) is 2.40. The van der Waals surface area contributed by atoms with E-state index in [1.807, 2.05) is 10.8 Å². The summed E-state index contributed by atoms with van der Waals surface area (Å²) in [5.74, 6) is 2.53. The molecule has 1 atom stereocenters. The van der Waals surface area contributed by atoms with E-state index >= 15 is 0 Å². The Balaban J connectivity index is 2.12. The molecule has 1 aliphatic rings. The van der Waals surface area contributed by atoms with Crippen molar-refractivity contribution in [3.8, 4) is 0 Å². The summed E-state index contributed by atoms with van der Waals surface area (Å²) in [6, 6.07) is 0. The molecule has 0 spiro atoms. The Labute approximate surface area is 55.2 Å². The molecule has 7 heavy (non-hydrogen) atoms. The van der Waals surface area contributed by atoms with Gasteiger partial charge in [0, 0.05) is 5.75 Å². The minimum Gasteiger partial charge on any atom is -0.0351 e. The van der Waals surface area contributed by atoms with Gasteiger partial charge < -0.3 is 0 Å². The lowest BCUT2D eigenvalue weighted by molar-refractivity contribution is 0.904. The number of halogens is 1. The summed E-state index contributed by atoms with van der Waals surface area (Å²) in [5.41, 5.74) is 0. The highest BCUT2D eigenvalue weighted by atomic mass is 35.8. The summed E-state index contributed by atoms with van der Waals surface area (Å²) in [7, 11) is 7.92. The third-order valence-corrected chi connectivity index (χ3v) is 5.26. The van der Waals surface area contributed by atoms with Crippen molar-refractivity contribution in [3.05, 3.63) is 0 Å². The third kappa shape index (κ3) is 2.15. The van der Waals surface area contributed by atoms with Gasteiger partial charge in [0.2, 0.25) is 0 Å². The van der Waals surface area contributed by atoms with Gasteiger partial charge >= 0.3 is 0 Å². The van der Waals surface area contributed by atoms with Gasteiger partial charge in [-0.15, -0.1) is 0 Å². The fraction of sp³-hybridized carbons (Fsp3) is 1.00. The van der Waals surface area contributed by atoms with E-state index in [-0.39, 0.29) is 9.14 Å². The Morgan fingerprint density at radius 1 is 1.43 bits per heavy atom. The zero-order chi connectivity index (χ0) is 5.11. The summed E-state index contributed by atoms with van der Waals surface area (Å²) in [6.45, 7) is 0. The van der Waals surface area contributed by atoms with Gasteiger partial charge in [-0.05, 0) is 12.8 Å². The van der Waals surface area contributed by atoms with Crippen molar-refractivity contribution in [2.45, 2.75) is 12.8 Å². The molecule has 0 amide bonds. The lowest BCUT2D eigenvalue weighted by atomic mass is 10.4. The number of hydrogen-bond donors (Lipinski definition) is 0. The van der Waals surface area contributed by atoms with Crippen LogP contribution in [0.2, 0.25) is 0 Å². The molecule has 1 rings (SSSR count). The van der Waals surface area contributed by atoms with E-state index in [0.717, 1.165) is 0 Å². The Morgan fingerprint density at radius 3 is 2.57 bits per heavy atom. The smallest absolute Gasteiger partial charge is 0.0351 e. The van der Waals surface area contributed by atoms with Crippen LogP contribution in [-0.4, -0.2) is 11.5 Å². The summed E-state index contributed by atoms with van der Waals surface area (Å²) < 4.78 is 0. The van der Waals surface area contributed by atoms with E-state index in [2.05, 4.69) is 0 Å².